The number of hydrogen-bond acceptors (Lipinski definition) is 6. The first kappa shape index (κ1) is 24.1. The molecule has 3 aromatic rings. The molecule has 1 aliphatic rings. The lowest BCUT2D eigenvalue weighted by molar-refractivity contribution is -0.118. The van der Waals surface area contributed by atoms with E-state index in [0.29, 0.717) is 12.3 Å². The van der Waals surface area contributed by atoms with Crippen LogP contribution in [0.5, 0.6) is 0 Å². The van der Waals surface area contributed by atoms with Crippen molar-refractivity contribution in [3.05, 3.63) is 84.5 Å². The zero-order valence-corrected chi connectivity index (χ0v) is 20.1. The van der Waals surface area contributed by atoms with Gasteiger partial charge in [-0.15, -0.1) is 0 Å². The van der Waals surface area contributed by atoms with E-state index in [0.717, 1.165) is 26.4 Å². The van der Waals surface area contributed by atoms with Crippen molar-refractivity contribution >= 4 is 33.4 Å². The van der Waals surface area contributed by atoms with Gasteiger partial charge in [0.15, 0.2) is 0 Å². The molecule has 3 heterocycles. The quantitative estimate of drug-likeness (QED) is 0.526. The smallest absolute Gasteiger partial charge is 0.253 e. The molecular weight excluding hydrogens is 466 g/mol. The molecule has 4 rings (SSSR count). The van der Waals surface area contributed by atoms with E-state index in [-0.39, 0.29) is 12.1 Å². The van der Waals surface area contributed by atoms with Crippen LogP contribution in [0.25, 0.3) is 16.8 Å². The van der Waals surface area contributed by atoms with E-state index in [4.69, 9.17) is 0 Å². The van der Waals surface area contributed by atoms with Gasteiger partial charge in [-0.25, -0.2) is 13.4 Å². The first-order chi connectivity index (χ1) is 16.7. The predicted octanol–water partition coefficient (Wildman–Crippen LogP) is 2.83. The average molecular weight is 492 g/mol. The minimum atomic E-state index is -3.55. The second-order valence-electron chi connectivity index (χ2n) is 8.22. The lowest BCUT2D eigenvalue weighted by Gasteiger charge is -2.08. The Morgan fingerprint density at radius 2 is 1.80 bits per heavy atom. The van der Waals surface area contributed by atoms with Crippen molar-refractivity contribution in [3.63, 3.8) is 0 Å². The first-order valence-corrected chi connectivity index (χ1v) is 12.5. The van der Waals surface area contributed by atoms with Crippen LogP contribution in [0.3, 0.4) is 0 Å². The Kier molecular flexibility index (Phi) is 6.92. The van der Waals surface area contributed by atoms with Gasteiger partial charge in [0.1, 0.15) is 5.84 Å². The van der Waals surface area contributed by atoms with Gasteiger partial charge >= 0.3 is 0 Å². The fourth-order valence-corrected chi connectivity index (χ4v) is 4.45. The number of pyridine rings is 1. The Labute approximate surface area is 203 Å². The first-order valence-electron chi connectivity index (χ1n) is 11.0. The molecule has 0 saturated carbocycles. The van der Waals surface area contributed by atoms with Gasteiger partial charge in [-0.05, 0) is 49.2 Å². The molecule has 0 atom stereocenters. The summed E-state index contributed by atoms with van der Waals surface area (Å²) in [7, 11) is -3.55. The Morgan fingerprint density at radius 1 is 1.06 bits per heavy atom. The Balaban J connectivity index is 1.33. The minimum absolute atomic E-state index is 0.151. The molecule has 2 N–H and O–H groups in total. The van der Waals surface area contributed by atoms with Crippen LogP contribution in [0, 0.1) is 0 Å². The van der Waals surface area contributed by atoms with Crippen LogP contribution >= 0.6 is 0 Å². The molecular formula is C25H25N5O4S. The van der Waals surface area contributed by atoms with E-state index in [1.54, 1.807) is 26.2 Å². The number of rotatable bonds is 7. The topological polar surface area (TPSA) is 123 Å². The molecule has 1 aliphatic heterocycles. The molecule has 0 spiro atoms. The highest BCUT2D eigenvalue weighted by molar-refractivity contribution is 7.90. The fourth-order valence-electron chi connectivity index (χ4n) is 3.47. The van der Waals surface area contributed by atoms with Crippen LogP contribution in [0.2, 0.25) is 0 Å². The average Bonchev–Trinajstić information content (AvgIpc) is 3.54. The van der Waals surface area contributed by atoms with E-state index in [9.17, 15) is 18.0 Å². The van der Waals surface area contributed by atoms with E-state index < -0.39 is 27.1 Å². The summed E-state index contributed by atoms with van der Waals surface area (Å²) in [4.78, 5) is 33.2. The summed E-state index contributed by atoms with van der Waals surface area (Å²) >= 11 is 0. The molecule has 0 saturated heterocycles. The molecule has 0 bridgehead atoms. The molecule has 0 radical (unpaired) electrons. The fraction of sp³-hybridized carbons (Fsp3) is 0.200. The zero-order chi connectivity index (χ0) is 25.0. The highest BCUT2D eigenvalue weighted by atomic mass is 32.2. The Hall–Kier alpha value is -4.05. The summed E-state index contributed by atoms with van der Waals surface area (Å²) in [6.07, 6.45) is 8.42. The van der Waals surface area contributed by atoms with E-state index >= 15 is 0 Å². The third-order valence-electron chi connectivity index (χ3n) is 5.43. The highest BCUT2D eigenvalue weighted by Gasteiger charge is 2.20. The van der Waals surface area contributed by atoms with Gasteiger partial charge in [-0.2, -0.15) is 0 Å². The van der Waals surface area contributed by atoms with E-state index in [1.165, 1.54) is 18.5 Å². The third-order valence-corrected chi connectivity index (χ3v) is 7.43. The summed E-state index contributed by atoms with van der Waals surface area (Å²) in [6.45, 7) is 2.85. The molecule has 0 aliphatic carbocycles. The zero-order valence-electron chi connectivity index (χ0n) is 19.3. The second kappa shape index (κ2) is 10.1. The third kappa shape index (κ3) is 5.55. The van der Waals surface area contributed by atoms with Crippen LogP contribution in [0.15, 0.2) is 78.3 Å². The molecule has 0 fully saturated rings. The van der Waals surface area contributed by atoms with Crippen molar-refractivity contribution in [1.29, 1.82) is 0 Å². The van der Waals surface area contributed by atoms with Crippen LogP contribution in [-0.2, 0) is 14.8 Å². The summed E-state index contributed by atoms with van der Waals surface area (Å²) in [5.41, 5.74) is 3.92. The number of amides is 2. The lowest BCUT2D eigenvalue weighted by atomic mass is 10.0. The molecule has 35 heavy (non-hydrogen) atoms. The second-order valence-corrected chi connectivity index (χ2v) is 10.6. The Morgan fingerprint density at radius 3 is 2.54 bits per heavy atom. The maximum absolute atomic E-state index is 12.3. The van der Waals surface area contributed by atoms with Crippen molar-refractivity contribution < 1.29 is 18.0 Å². The van der Waals surface area contributed by atoms with Gasteiger partial charge in [0, 0.05) is 36.8 Å². The van der Waals surface area contributed by atoms with Crippen molar-refractivity contribution in [2.45, 2.75) is 25.5 Å². The Bertz CT molecular complexity index is 1420. The number of aromatic nitrogens is 2. The number of benzene rings is 1. The number of carbonyl (C=O) groups is 2. The monoisotopic (exact) mass is 491 g/mol. The molecule has 2 amide bonds. The van der Waals surface area contributed by atoms with Gasteiger partial charge in [0.05, 0.1) is 23.1 Å². The number of carbonyl (C=O) groups excluding carboxylic acids is 2. The highest BCUT2D eigenvalue weighted by Crippen LogP contribution is 2.26. The summed E-state index contributed by atoms with van der Waals surface area (Å²) < 4.78 is 25.4. The van der Waals surface area contributed by atoms with Gasteiger partial charge < -0.3 is 10.6 Å². The standard InChI is InChI=1S/C25H25N5O4S/c1-17(2)35(33,34)30-13-10-21(16-30)25(32)27-15-24(31)29-23-7-6-22(28-23)20-5-3-4-19(14-20)18-8-11-26-12-9-18/h3-6,8-14,16-17H,7,15H2,1-2H3,(H,27,32)(H,28,29,31). The number of nitrogens with zero attached hydrogens (tertiary/aromatic N) is 3. The lowest BCUT2D eigenvalue weighted by Crippen LogP contribution is -2.39. The summed E-state index contributed by atoms with van der Waals surface area (Å²) in [6, 6.07) is 13.2. The summed E-state index contributed by atoms with van der Waals surface area (Å²) in [5, 5.41) is 4.59. The minimum Gasteiger partial charge on any atom is -0.343 e. The van der Waals surface area contributed by atoms with Gasteiger partial charge in [0.25, 0.3) is 5.91 Å². The van der Waals surface area contributed by atoms with E-state index in [1.807, 2.05) is 42.5 Å². The molecule has 1 aromatic carbocycles. The van der Waals surface area contributed by atoms with Crippen LogP contribution in [-0.4, -0.2) is 46.8 Å². The molecule has 0 unspecified atom stereocenters. The molecule has 2 aromatic heterocycles. The van der Waals surface area contributed by atoms with Crippen LogP contribution in [0.4, 0.5) is 0 Å². The maximum Gasteiger partial charge on any atom is 0.253 e. The number of aliphatic imine (C=N–C) groups is 1. The van der Waals surface area contributed by atoms with Gasteiger partial charge in [0.2, 0.25) is 15.9 Å². The number of hydrogen-bond donors (Lipinski definition) is 2. The largest absolute Gasteiger partial charge is 0.343 e. The SMILES string of the molecule is CC(C)S(=O)(=O)n1ccc(C(=O)NCC(=O)NC2=NC(c3cccc(-c4ccncc4)c3)=CC2)c1. The number of nitrogens with one attached hydrogen (secondary N) is 2. The van der Waals surface area contributed by atoms with Crippen molar-refractivity contribution in [2.24, 2.45) is 4.99 Å². The van der Waals surface area contributed by atoms with Crippen LogP contribution < -0.4 is 10.6 Å². The van der Waals surface area contributed by atoms with Crippen molar-refractivity contribution in [3.8, 4) is 11.1 Å². The molecule has 10 heteroatoms. The molecule has 180 valence electrons. The summed E-state index contributed by atoms with van der Waals surface area (Å²) in [5.74, 6) is -0.479. The van der Waals surface area contributed by atoms with Crippen LogP contribution in [0.1, 0.15) is 36.2 Å². The normalized spacial score (nSPS) is 13.3. The van der Waals surface area contributed by atoms with Crippen molar-refractivity contribution in [1.82, 2.24) is 19.6 Å². The van der Waals surface area contributed by atoms with E-state index in [2.05, 4.69) is 20.6 Å². The number of amidine groups is 1. The predicted molar refractivity (Wildman–Crippen MR) is 134 cm³/mol. The molecule has 9 nitrogen and oxygen atoms in total. The van der Waals surface area contributed by atoms with Crippen molar-refractivity contribution in [2.75, 3.05) is 6.54 Å². The van der Waals surface area contributed by atoms with Gasteiger partial charge in [-0.3, -0.25) is 18.5 Å². The maximum atomic E-state index is 12.3. The van der Waals surface area contributed by atoms with Gasteiger partial charge in [-0.1, -0.05) is 24.3 Å².